The molecule has 0 saturated heterocycles. The van der Waals surface area contributed by atoms with Gasteiger partial charge in [-0.3, -0.25) is 4.57 Å². The monoisotopic (exact) mass is 369 g/mol. The van der Waals surface area contributed by atoms with Crippen LogP contribution in [0.25, 0.3) is 22.6 Å². The molecule has 23 heavy (non-hydrogen) atoms. The Kier molecular flexibility index (Phi) is 4.28. The largest absolute Gasteiger partial charge is 0.436 e. The Morgan fingerprint density at radius 3 is 2.52 bits per heavy atom. The zero-order valence-corrected chi connectivity index (χ0v) is 14.9. The van der Waals surface area contributed by atoms with Gasteiger partial charge in [0.05, 0.1) is 10.0 Å². The molecule has 0 aliphatic carbocycles. The second-order valence-corrected chi connectivity index (χ2v) is 9.13. The molecule has 3 aromatic rings. The number of hydrogen-bond acceptors (Lipinski definition) is 3. The van der Waals surface area contributed by atoms with E-state index in [0.717, 1.165) is 0 Å². The van der Waals surface area contributed by atoms with Crippen LogP contribution in [0.15, 0.2) is 40.8 Å². The molecule has 0 saturated carbocycles. The van der Waals surface area contributed by atoms with Crippen molar-refractivity contribution in [3.63, 3.8) is 0 Å². The highest BCUT2D eigenvalue weighted by molar-refractivity contribution is 7.66. The molecule has 1 N–H and O–H groups in total. The maximum atomic E-state index is 12.4. The SMILES string of the molecule is CC(C)P(=O)(O)c1ccc2oc(-c3ccc(Cl)c(Cl)c3)nc2c1. The third-order valence-electron chi connectivity index (χ3n) is 3.61. The van der Waals surface area contributed by atoms with E-state index in [1.807, 2.05) is 0 Å². The molecule has 1 heterocycles. The van der Waals surface area contributed by atoms with Gasteiger partial charge in [0, 0.05) is 16.5 Å². The van der Waals surface area contributed by atoms with Crippen molar-refractivity contribution in [2.24, 2.45) is 0 Å². The van der Waals surface area contributed by atoms with Crippen molar-refractivity contribution >= 4 is 47.0 Å². The fourth-order valence-corrected chi connectivity index (χ4v) is 3.66. The van der Waals surface area contributed by atoms with Gasteiger partial charge in [0.25, 0.3) is 0 Å². The summed E-state index contributed by atoms with van der Waals surface area (Å²) < 4.78 is 18.1. The Labute approximate surface area is 143 Å². The van der Waals surface area contributed by atoms with E-state index >= 15 is 0 Å². The molecule has 0 amide bonds. The Balaban J connectivity index is 2.09. The van der Waals surface area contributed by atoms with Crippen LogP contribution < -0.4 is 5.30 Å². The molecule has 2 aromatic carbocycles. The van der Waals surface area contributed by atoms with Crippen LogP contribution in [0.2, 0.25) is 10.0 Å². The van der Waals surface area contributed by atoms with E-state index in [1.165, 1.54) is 0 Å². The van der Waals surface area contributed by atoms with Crippen LogP contribution in [-0.4, -0.2) is 15.5 Å². The van der Waals surface area contributed by atoms with Gasteiger partial charge in [0.2, 0.25) is 13.3 Å². The van der Waals surface area contributed by atoms with E-state index in [1.54, 1.807) is 50.2 Å². The molecule has 1 aromatic heterocycles. The molecule has 0 spiro atoms. The second-order valence-electron chi connectivity index (χ2n) is 5.52. The normalized spacial score (nSPS) is 14.3. The Hall–Kier alpha value is -1.32. The zero-order valence-electron chi connectivity index (χ0n) is 12.5. The lowest BCUT2D eigenvalue weighted by Crippen LogP contribution is -2.11. The van der Waals surface area contributed by atoms with Gasteiger partial charge in [-0.25, -0.2) is 4.98 Å². The van der Waals surface area contributed by atoms with Crippen molar-refractivity contribution in [1.29, 1.82) is 0 Å². The van der Waals surface area contributed by atoms with Crippen LogP contribution in [0.5, 0.6) is 0 Å². The van der Waals surface area contributed by atoms with Crippen LogP contribution in [-0.2, 0) is 4.57 Å². The smallest absolute Gasteiger partial charge is 0.232 e. The minimum atomic E-state index is -3.42. The van der Waals surface area contributed by atoms with Crippen molar-refractivity contribution in [2.75, 3.05) is 0 Å². The molecule has 3 rings (SSSR count). The van der Waals surface area contributed by atoms with Gasteiger partial charge in [-0.2, -0.15) is 0 Å². The molecular formula is C16H14Cl2NO3P. The lowest BCUT2D eigenvalue weighted by atomic mass is 10.2. The van der Waals surface area contributed by atoms with Crippen molar-refractivity contribution in [1.82, 2.24) is 4.98 Å². The van der Waals surface area contributed by atoms with E-state index in [0.29, 0.717) is 37.9 Å². The van der Waals surface area contributed by atoms with Gasteiger partial charge in [-0.1, -0.05) is 37.0 Å². The third-order valence-corrected chi connectivity index (χ3v) is 6.76. The molecule has 120 valence electrons. The van der Waals surface area contributed by atoms with Gasteiger partial charge in [0.15, 0.2) is 5.58 Å². The fourth-order valence-electron chi connectivity index (χ4n) is 2.17. The first kappa shape index (κ1) is 16.5. The van der Waals surface area contributed by atoms with Crippen LogP contribution in [0.1, 0.15) is 13.8 Å². The summed E-state index contributed by atoms with van der Waals surface area (Å²) >= 11 is 11.9. The number of nitrogens with zero attached hydrogens (tertiary/aromatic N) is 1. The van der Waals surface area contributed by atoms with Crippen molar-refractivity contribution < 1.29 is 13.9 Å². The minimum Gasteiger partial charge on any atom is -0.436 e. The Bertz CT molecular complexity index is 936. The average Bonchev–Trinajstić information content (AvgIpc) is 2.92. The molecule has 0 aliphatic rings. The number of halogens is 2. The van der Waals surface area contributed by atoms with E-state index in [2.05, 4.69) is 4.98 Å². The maximum Gasteiger partial charge on any atom is 0.232 e. The molecular weight excluding hydrogens is 356 g/mol. The zero-order chi connectivity index (χ0) is 16.8. The highest BCUT2D eigenvalue weighted by atomic mass is 35.5. The summed E-state index contributed by atoms with van der Waals surface area (Å²) in [5.74, 6) is 0.382. The number of oxazole rings is 1. The van der Waals surface area contributed by atoms with E-state index in [4.69, 9.17) is 27.6 Å². The standard InChI is InChI=1S/C16H14Cl2NO3P/c1-9(2)23(20,21)11-4-6-15-14(8-11)19-16(22-15)10-3-5-12(17)13(18)7-10/h3-9H,1-2H3,(H,20,21). The topological polar surface area (TPSA) is 63.3 Å². The van der Waals surface area contributed by atoms with E-state index in [9.17, 15) is 9.46 Å². The van der Waals surface area contributed by atoms with Crippen LogP contribution in [0, 0.1) is 0 Å². The van der Waals surface area contributed by atoms with Crippen LogP contribution in [0.4, 0.5) is 0 Å². The highest BCUT2D eigenvalue weighted by Gasteiger charge is 2.26. The Morgan fingerprint density at radius 2 is 1.87 bits per heavy atom. The molecule has 0 aliphatic heterocycles. The highest BCUT2D eigenvalue weighted by Crippen LogP contribution is 2.45. The first-order valence-corrected chi connectivity index (χ1v) is 9.46. The van der Waals surface area contributed by atoms with Crippen molar-refractivity contribution in [3.05, 3.63) is 46.4 Å². The maximum absolute atomic E-state index is 12.4. The molecule has 0 radical (unpaired) electrons. The quantitative estimate of drug-likeness (QED) is 0.651. The summed E-state index contributed by atoms with van der Waals surface area (Å²) in [7, 11) is -3.42. The van der Waals surface area contributed by atoms with Gasteiger partial charge in [0.1, 0.15) is 5.52 Å². The van der Waals surface area contributed by atoms with Gasteiger partial charge in [-0.05, 0) is 36.4 Å². The van der Waals surface area contributed by atoms with Crippen LogP contribution in [0.3, 0.4) is 0 Å². The predicted octanol–water partition coefficient (Wildman–Crippen LogP) is 5.11. The molecule has 7 heteroatoms. The molecule has 0 fully saturated rings. The van der Waals surface area contributed by atoms with Gasteiger partial charge < -0.3 is 9.31 Å². The minimum absolute atomic E-state index is 0.360. The second kappa shape index (κ2) is 5.95. The van der Waals surface area contributed by atoms with Gasteiger partial charge in [-0.15, -0.1) is 0 Å². The number of fused-ring (bicyclic) bond motifs is 1. The summed E-state index contributed by atoms with van der Waals surface area (Å²) in [5, 5.41) is 1.23. The summed E-state index contributed by atoms with van der Waals surface area (Å²) in [5.41, 5.74) is 1.40. The first-order valence-electron chi connectivity index (χ1n) is 6.98. The Morgan fingerprint density at radius 1 is 1.13 bits per heavy atom. The number of benzene rings is 2. The third kappa shape index (κ3) is 3.05. The first-order chi connectivity index (χ1) is 10.8. The molecule has 1 atom stereocenters. The lowest BCUT2D eigenvalue weighted by Gasteiger charge is -2.14. The number of rotatable bonds is 3. The summed E-state index contributed by atoms with van der Waals surface area (Å²) in [4.78, 5) is 14.6. The number of hydrogen-bond donors (Lipinski definition) is 1. The summed E-state index contributed by atoms with van der Waals surface area (Å²) in [6.45, 7) is 3.43. The predicted molar refractivity (Wildman–Crippen MR) is 94.1 cm³/mol. The molecule has 4 nitrogen and oxygen atoms in total. The van der Waals surface area contributed by atoms with Gasteiger partial charge >= 0.3 is 0 Å². The molecule has 0 bridgehead atoms. The summed E-state index contributed by atoms with van der Waals surface area (Å²) in [6, 6.07) is 9.95. The summed E-state index contributed by atoms with van der Waals surface area (Å²) in [6.07, 6.45) is 0. The fraction of sp³-hybridized carbons (Fsp3) is 0.188. The van der Waals surface area contributed by atoms with Crippen molar-refractivity contribution in [2.45, 2.75) is 19.5 Å². The van der Waals surface area contributed by atoms with Crippen LogP contribution >= 0.6 is 30.6 Å². The van der Waals surface area contributed by atoms with Crippen molar-refractivity contribution in [3.8, 4) is 11.5 Å². The molecule has 1 unspecified atom stereocenters. The number of aromatic nitrogens is 1. The lowest BCUT2D eigenvalue weighted by molar-refractivity contribution is 0.481. The van der Waals surface area contributed by atoms with E-state index in [-0.39, 0.29) is 5.66 Å². The average molecular weight is 370 g/mol. The van der Waals surface area contributed by atoms with E-state index < -0.39 is 7.37 Å².